The van der Waals surface area contributed by atoms with Crippen molar-refractivity contribution >= 4 is 5.91 Å². The van der Waals surface area contributed by atoms with Gasteiger partial charge >= 0.3 is 0 Å². The number of carbonyl (C=O) groups is 1. The first kappa shape index (κ1) is 16.5. The Labute approximate surface area is 139 Å². The Hall–Kier alpha value is -1.39. The number of nitrogens with zero attached hydrogens (tertiary/aromatic N) is 2. The van der Waals surface area contributed by atoms with E-state index in [1.165, 1.54) is 0 Å². The lowest BCUT2D eigenvalue weighted by atomic mass is 9.69. The summed E-state index contributed by atoms with van der Waals surface area (Å²) in [6.45, 7) is 6.78. The molecular weight excluding hydrogens is 288 g/mol. The predicted octanol–water partition coefficient (Wildman–Crippen LogP) is 2.22. The number of hydrogen-bond acceptors (Lipinski definition) is 3. The molecule has 0 spiro atoms. The number of amides is 1. The quantitative estimate of drug-likeness (QED) is 0.910. The summed E-state index contributed by atoms with van der Waals surface area (Å²) in [5.74, 6) is 0.136. The zero-order valence-electron chi connectivity index (χ0n) is 14.5. The molecule has 0 aromatic heterocycles. The molecule has 0 radical (unpaired) electrons. The first-order valence-corrected chi connectivity index (χ1v) is 8.64. The Morgan fingerprint density at radius 3 is 2.83 bits per heavy atom. The van der Waals surface area contributed by atoms with Crippen molar-refractivity contribution < 1.29 is 9.90 Å². The Morgan fingerprint density at radius 2 is 2.09 bits per heavy atom. The molecule has 1 aromatic rings. The fourth-order valence-corrected chi connectivity index (χ4v) is 4.34. The monoisotopic (exact) mass is 316 g/mol. The number of likely N-dealkylation sites (tertiary alicyclic amines) is 2. The molecule has 4 nitrogen and oxygen atoms in total. The van der Waals surface area contributed by atoms with Crippen molar-refractivity contribution in [2.45, 2.75) is 39.2 Å². The second kappa shape index (κ2) is 6.25. The molecule has 2 atom stereocenters. The lowest BCUT2D eigenvalue weighted by Gasteiger charge is -2.53. The molecule has 126 valence electrons. The summed E-state index contributed by atoms with van der Waals surface area (Å²) in [6.07, 6.45) is 3.11. The number of benzene rings is 1. The van der Waals surface area contributed by atoms with Crippen molar-refractivity contribution in [3.05, 3.63) is 34.9 Å². The first-order chi connectivity index (χ1) is 11.0. The van der Waals surface area contributed by atoms with Crippen LogP contribution in [-0.2, 0) is 0 Å². The van der Waals surface area contributed by atoms with Gasteiger partial charge in [-0.25, -0.2) is 0 Å². The van der Waals surface area contributed by atoms with E-state index in [9.17, 15) is 9.90 Å². The van der Waals surface area contributed by atoms with Crippen LogP contribution in [0.3, 0.4) is 0 Å². The van der Waals surface area contributed by atoms with Crippen molar-refractivity contribution in [1.82, 2.24) is 9.80 Å². The molecule has 23 heavy (non-hydrogen) atoms. The van der Waals surface area contributed by atoms with Gasteiger partial charge in [0, 0.05) is 30.1 Å². The average Bonchev–Trinajstić information content (AvgIpc) is 2.56. The van der Waals surface area contributed by atoms with Crippen LogP contribution in [-0.4, -0.2) is 60.1 Å². The van der Waals surface area contributed by atoms with Crippen molar-refractivity contribution in [1.29, 1.82) is 0 Å². The van der Waals surface area contributed by atoms with Gasteiger partial charge in [0.15, 0.2) is 0 Å². The molecule has 2 aliphatic rings. The average molecular weight is 316 g/mol. The third-order valence-electron chi connectivity index (χ3n) is 5.92. The maximum absolute atomic E-state index is 13.0. The SMILES string of the molecule is Cc1ccc(C)c(C(=O)N2CC[C@@]3(CO)CCCN(C)[C@@H]3C2)c1. The van der Waals surface area contributed by atoms with Crippen molar-refractivity contribution in [3.63, 3.8) is 0 Å². The smallest absolute Gasteiger partial charge is 0.254 e. The molecule has 3 rings (SSSR count). The number of aliphatic hydroxyl groups excluding tert-OH is 1. The molecule has 2 fully saturated rings. The number of fused-ring (bicyclic) bond motifs is 1. The van der Waals surface area contributed by atoms with Crippen LogP contribution in [0.2, 0.25) is 0 Å². The number of piperidine rings is 2. The molecule has 2 aliphatic heterocycles. The first-order valence-electron chi connectivity index (χ1n) is 8.64. The Bertz CT molecular complexity index is 601. The van der Waals surface area contributed by atoms with Gasteiger partial charge in [0.2, 0.25) is 0 Å². The lowest BCUT2D eigenvalue weighted by Crippen LogP contribution is -2.62. The van der Waals surface area contributed by atoms with Gasteiger partial charge in [-0.3, -0.25) is 4.79 Å². The van der Waals surface area contributed by atoms with Gasteiger partial charge in [0.05, 0.1) is 6.61 Å². The summed E-state index contributed by atoms with van der Waals surface area (Å²) in [4.78, 5) is 17.3. The molecule has 1 aromatic carbocycles. The van der Waals surface area contributed by atoms with Crippen LogP contribution in [0.4, 0.5) is 0 Å². The highest BCUT2D eigenvalue weighted by Gasteiger charge is 2.47. The number of aliphatic hydroxyl groups is 1. The minimum Gasteiger partial charge on any atom is -0.396 e. The van der Waals surface area contributed by atoms with Gasteiger partial charge in [-0.15, -0.1) is 0 Å². The fraction of sp³-hybridized carbons (Fsp3) is 0.632. The number of rotatable bonds is 2. The number of carbonyl (C=O) groups excluding carboxylic acids is 1. The van der Waals surface area contributed by atoms with Gasteiger partial charge in [0.1, 0.15) is 0 Å². The molecular formula is C19H28N2O2. The third-order valence-corrected chi connectivity index (χ3v) is 5.92. The summed E-state index contributed by atoms with van der Waals surface area (Å²) in [7, 11) is 2.13. The Balaban J connectivity index is 1.83. The van der Waals surface area contributed by atoms with Crippen molar-refractivity contribution in [2.24, 2.45) is 5.41 Å². The maximum atomic E-state index is 13.0. The highest BCUT2D eigenvalue weighted by Crippen LogP contribution is 2.41. The summed E-state index contributed by atoms with van der Waals surface area (Å²) < 4.78 is 0. The van der Waals surface area contributed by atoms with E-state index in [-0.39, 0.29) is 24.0 Å². The predicted molar refractivity (Wildman–Crippen MR) is 91.6 cm³/mol. The van der Waals surface area contributed by atoms with Gasteiger partial charge in [-0.1, -0.05) is 17.7 Å². The second-order valence-electron chi connectivity index (χ2n) is 7.44. The van der Waals surface area contributed by atoms with E-state index in [0.717, 1.165) is 55.6 Å². The van der Waals surface area contributed by atoms with Crippen LogP contribution in [0.5, 0.6) is 0 Å². The van der Waals surface area contributed by atoms with E-state index in [1.807, 2.05) is 36.9 Å². The van der Waals surface area contributed by atoms with Gasteiger partial charge in [0.25, 0.3) is 5.91 Å². The van der Waals surface area contributed by atoms with Gasteiger partial charge in [-0.05, 0) is 58.3 Å². The Kier molecular flexibility index (Phi) is 4.47. The van der Waals surface area contributed by atoms with E-state index in [2.05, 4.69) is 11.9 Å². The number of aryl methyl sites for hydroxylation is 2. The van der Waals surface area contributed by atoms with Crippen molar-refractivity contribution in [2.75, 3.05) is 33.3 Å². The molecule has 0 unspecified atom stereocenters. The molecule has 1 N–H and O–H groups in total. The summed E-state index contributed by atoms with van der Waals surface area (Å²) in [5, 5.41) is 9.99. The lowest BCUT2D eigenvalue weighted by molar-refractivity contribution is -0.0601. The van der Waals surface area contributed by atoms with Crippen LogP contribution in [0.1, 0.15) is 40.7 Å². The molecule has 4 heteroatoms. The molecule has 0 saturated carbocycles. The van der Waals surface area contributed by atoms with Crippen LogP contribution in [0.25, 0.3) is 0 Å². The van der Waals surface area contributed by atoms with Crippen LogP contribution < -0.4 is 0 Å². The summed E-state index contributed by atoms with van der Waals surface area (Å²) >= 11 is 0. The standard InChI is InChI=1S/C19H28N2O2/c1-14-5-6-15(2)16(11-14)18(23)21-10-8-19(13-22)7-4-9-20(3)17(19)12-21/h5-6,11,17,22H,4,7-10,12-13H2,1-3H3/t17-,19-/m1/s1. The topological polar surface area (TPSA) is 43.8 Å². The second-order valence-corrected chi connectivity index (χ2v) is 7.44. The van der Waals surface area contributed by atoms with Gasteiger partial charge in [-0.2, -0.15) is 0 Å². The number of likely N-dealkylation sites (N-methyl/N-ethyl adjacent to an activating group) is 1. The summed E-state index contributed by atoms with van der Waals surface area (Å²) in [6, 6.07) is 6.34. The molecule has 2 saturated heterocycles. The van der Waals surface area contributed by atoms with Crippen LogP contribution in [0, 0.1) is 19.3 Å². The minimum atomic E-state index is -0.0224. The third kappa shape index (κ3) is 2.90. The largest absolute Gasteiger partial charge is 0.396 e. The van der Waals surface area contributed by atoms with Crippen LogP contribution in [0.15, 0.2) is 18.2 Å². The molecule has 0 bridgehead atoms. The summed E-state index contributed by atoms with van der Waals surface area (Å²) in [5.41, 5.74) is 2.96. The van der Waals surface area contributed by atoms with Crippen LogP contribution >= 0.6 is 0 Å². The van der Waals surface area contributed by atoms with Gasteiger partial charge < -0.3 is 14.9 Å². The zero-order chi connectivity index (χ0) is 16.6. The van der Waals surface area contributed by atoms with E-state index in [0.29, 0.717) is 0 Å². The maximum Gasteiger partial charge on any atom is 0.254 e. The minimum absolute atomic E-state index is 0.0224. The molecule has 0 aliphatic carbocycles. The zero-order valence-corrected chi connectivity index (χ0v) is 14.5. The van der Waals surface area contributed by atoms with E-state index < -0.39 is 0 Å². The normalized spacial score (nSPS) is 28.5. The Morgan fingerprint density at radius 1 is 1.30 bits per heavy atom. The molecule has 2 heterocycles. The van der Waals surface area contributed by atoms with E-state index in [1.54, 1.807) is 0 Å². The van der Waals surface area contributed by atoms with E-state index in [4.69, 9.17) is 0 Å². The fourth-order valence-electron chi connectivity index (χ4n) is 4.34. The number of hydrogen-bond donors (Lipinski definition) is 1. The van der Waals surface area contributed by atoms with Crippen molar-refractivity contribution in [3.8, 4) is 0 Å². The highest BCUT2D eigenvalue weighted by atomic mass is 16.3. The highest BCUT2D eigenvalue weighted by molar-refractivity contribution is 5.96. The molecule has 1 amide bonds. The van der Waals surface area contributed by atoms with E-state index >= 15 is 0 Å².